The quantitative estimate of drug-likeness (QED) is 0.693. The van der Waals surface area contributed by atoms with E-state index in [9.17, 15) is 18.0 Å². The van der Waals surface area contributed by atoms with Crippen LogP contribution in [0.2, 0.25) is 0 Å². The van der Waals surface area contributed by atoms with Crippen molar-refractivity contribution < 1.29 is 18.0 Å². The average molecular weight is 262 g/mol. The standard InChI is InChI=1S/C10H18N2O4S/c1-7-9(14)11-8(13)5-12(7)17(15,16)6-10(2,3)4/h7H,5-6H2,1-4H3,(H,11,13,14). The van der Waals surface area contributed by atoms with Crippen LogP contribution in [0.4, 0.5) is 0 Å². The van der Waals surface area contributed by atoms with Gasteiger partial charge in [0.05, 0.1) is 12.3 Å². The molecular formula is C10H18N2O4S. The van der Waals surface area contributed by atoms with Gasteiger partial charge in [0.1, 0.15) is 6.04 Å². The zero-order valence-electron chi connectivity index (χ0n) is 10.5. The second-order valence-corrected chi connectivity index (χ2v) is 7.37. The fourth-order valence-corrected chi connectivity index (χ4v) is 3.81. The molecule has 2 amide bonds. The summed E-state index contributed by atoms with van der Waals surface area (Å²) in [6.07, 6.45) is 0. The van der Waals surface area contributed by atoms with Gasteiger partial charge in [0.2, 0.25) is 21.8 Å². The maximum Gasteiger partial charge on any atom is 0.244 e. The Morgan fingerprint density at radius 1 is 1.35 bits per heavy atom. The molecule has 1 aliphatic heterocycles. The van der Waals surface area contributed by atoms with Gasteiger partial charge in [-0.1, -0.05) is 20.8 Å². The van der Waals surface area contributed by atoms with Gasteiger partial charge >= 0.3 is 0 Å². The van der Waals surface area contributed by atoms with Crippen LogP contribution in [0.1, 0.15) is 27.7 Å². The molecule has 0 aromatic heterocycles. The lowest BCUT2D eigenvalue weighted by Crippen LogP contribution is -2.59. The highest BCUT2D eigenvalue weighted by molar-refractivity contribution is 7.89. The number of sulfonamides is 1. The van der Waals surface area contributed by atoms with Crippen LogP contribution in [-0.2, 0) is 19.6 Å². The summed E-state index contributed by atoms with van der Waals surface area (Å²) in [7, 11) is -3.60. The Morgan fingerprint density at radius 3 is 2.35 bits per heavy atom. The first-order chi connectivity index (χ1) is 7.53. The van der Waals surface area contributed by atoms with Crippen molar-refractivity contribution in [2.75, 3.05) is 12.3 Å². The molecule has 0 aromatic carbocycles. The van der Waals surface area contributed by atoms with Gasteiger partial charge in [-0.25, -0.2) is 8.42 Å². The van der Waals surface area contributed by atoms with Crippen LogP contribution >= 0.6 is 0 Å². The maximum atomic E-state index is 12.1. The van der Waals surface area contributed by atoms with Crippen molar-refractivity contribution in [2.45, 2.75) is 33.7 Å². The van der Waals surface area contributed by atoms with E-state index in [1.165, 1.54) is 6.92 Å². The van der Waals surface area contributed by atoms with Crippen molar-refractivity contribution in [3.63, 3.8) is 0 Å². The van der Waals surface area contributed by atoms with Crippen molar-refractivity contribution in [1.82, 2.24) is 9.62 Å². The normalized spacial score (nSPS) is 23.6. The average Bonchev–Trinajstić information content (AvgIpc) is 2.06. The largest absolute Gasteiger partial charge is 0.294 e. The van der Waals surface area contributed by atoms with Gasteiger partial charge < -0.3 is 0 Å². The molecule has 6 nitrogen and oxygen atoms in total. The molecule has 1 fully saturated rings. The van der Waals surface area contributed by atoms with E-state index in [-0.39, 0.29) is 12.3 Å². The molecule has 1 atom stereocenters. The number of carbonyl (C=O) groups is 2. The van der Waals surface area contributed by atoms with Crippen molar-refractivity contribution in [3.8, 4) is 0 Å². The SMILES string of the molecule is CC1C(=O)NC(=O)CN1S(=O)(=O)CC(C)(C)C. The van der Waals surface area contributed by atoms with E-state index in [2.05, 4.69) is 5.32 Å². The summed E-state index contributed by atoms with van der Waals surface area (Å²) in [5.41, 5.74) is -0.421. The van der Waals surface area contributed by atoms with Crippen molar-refractivity contribution in [3.05, 3.63) is 0 Å². The third-order valence-corrected chi connectivity index (χ3v) is 4.74. The van der Waals surface area contributed by atoms with Gasteiger partial charge in [-0.05, 0) is 12.3 Å². The Kier molecular flexibility index (Phi) is 3.63. The Labute approximate surface area is 101 Å². The minimum atomic E-state index is -3.60. The molecule has 0 bridgehead atoms. The molecule has 0 radical (unpaired) electrons. The van der Waals surface area contributed by atoms with Crippen LogP contribution in [-0.4, -0.2) is 42.9 Å². The van der Waals surface area contributed by atoms with E-state index in [0.29, 0.717) is 0 Å². The number of rotatable bonds is 2. The van der Waals surface area contributed by atoms with Crippen LogP contribution in [0.15, 0.2) is 0 Å². The van der Waals surface area contributed by atoms with E-state index in [4.69, 9.17) is 0 Å². The van der Waals surface area contributed by atoms with Crippen molar-refractivity contribution in [2.24, 2.45) is 5.41 Å². The number of imide groups is 1. The minimum Gasteiger partial charge on any atom is -0.294 e. The number of amides is 2. The first kappa shape index (κ1) is 14.1. The van der Waals surface area contributed by atoms with Crippen LogP contribution < -0.4 is 5.32 Å². The van der Waals surface area contributed by atoms with Crippen LogP contribution in [0.3, 0.4) is 0 Å². The lowest BCUT2D eigenvalue weighted by Gasteiger charge is -2.32. The highest BCUT2D eigenvalue weighted by Gasteiger charge is 2.39. The Hall–Kier alpha value is -0.950. The molecule has 0 aliphatic carbocycles. The summed E-state index contributed by atoms with van der Waals surface area (Å²) < 4.78 is 25.2. The van der Waals surface area contributed by atoms with Gasteiger partial charge in [0, 0.05) is 0 Å². The van der Waals surface area contributed by atoms with Gasteiger partial charge in [-0.2, -0.15) is 4.31 Å². The molecule has 17 heavy (non-hydrogen) atoms. The number of nitrogens with one attached hydrogen (secondary N) is 1. The minimum absolute atomic E-state index is 0.0924. The van der Waals surface area contributed by atoms with E-state index in [0.717, 1.165) is 4.31 Å². The fraction of sp³-hybridized carbons (Fsp3) is 0.800. The molecule has 1 aliphatic rings. The van der Waals surface area contributed by atoms with E-state index in [1.807, 2.05) is 0 Å². The van der Waals surface area contributed by atoms with E-state index >= 15 is 0 Å². The van der Waals surface area contributed by atoms with Crippen molar-refractivity contribution in [1.29, 1.82) is 0 Å². The lowest BCUT2D eigenvalue weighted by atomic mass is 10.0. The monoisotopic (exact) mass is 262 g/mol. The molecule has 7 heteroatoms. The van der Waals surface area contributed by atoms with Crippen LogP contribution in [0, 0.1) is 5.41 Å². The first-order valence-electron chi connectivity index (χ1n) is 5.36. The Bertz CT molecular complexity index is 436. The van der Waals surface area contributed by atoms with Gasteiger partial charge in [0.25, 0.3) is 0 Å². The summed E-state index contributed by atoms with van der Waals surface area (Å²) in [6.45, 7) is 6.57. The highest BCUT2D eigenvalue weighted by atomic mass is 32.2. The summed E-state index contributed by atoms with van der Waals surface area (Å²) in [4.78, 5) is 22.6. The number of carbonyl (C=O) groups excluding carboxylic acids is 2. The summed E-state index contributed by atoms with van der Waals surface area (Å²) in [5, 5.41) is 2.11. The second-order valence-electron chi connectivity index (χ2n) is 5.45. The summed E-state index contributed by atoms with van der Waals surface area (Å²) >= 11 is 0. The molecule has 1 N–H and O–H groups in total. The highest BCUT2D eigenvalue weighted by Crippen LogP contribution is 2.21. The van der Waals surface area contributed by atoms with E-state index in [1.54, 1.807) is 20.8 Å². The Balaban J connectivity index is 2.98. The number of nitrogens with zero attached hydrogens (tertiary/aromatic N) is 1. The van der Waals surface area contributed by atoms with E-state index < -0.39 is 33.3 Å². The molecule has 1 saturated heterocycles. The van der Waals surface area contributed by atoms with Crippen LogP contribution in [0.5, 0.6) is 0 Å². The van der Waals surface area contributed by atoms with Gasteiger partial charge in [0.15, 0.2) is 0 Å². The third kappa shape index (κ3) is 3.50. The molecule has 1 heterocycles. The zero-order chi connectivity index (χ0) is 13.4. The lowest BCUT2D eigenvalue weighted by molar-refractivity contribution is -0.136. The topological polar surface area (TPSA) is 83.6 Å². The molecule has 98 valence electrons. The summed E-state index contributed by atoms with van der Waals surface area (Å²) in [6, 6.07) is -0.833. The zero-order valence-corrected chi connectivity index (χ0v) is 11.3. The first-order valence-corrected chi connectivity index (χ1v) is 6.97. The fourth-order valence-electron chi connectivity index (χ4n) is 1.66. The number of hydrogen-bond acceptors (Lipinski definition) is 4. The second kappa shape index (κ2) is 4.38. The predicted molar refractivity (Wildman–Crippen MR) is 62.6 cm³/mol. The maximum absolute atomic E-state index is 12.1. The molecule has 1 unspecified atom stereocenters. The molecular weight excluding hydrogens is 244 g/mol. The van der Waals surface area contributed by atoms with Crippen LogP contribution in [0.25, 0.3) is 0 Å². The molecule has 1 rings (SSSR count). The number of hydrogen-bond donors (Lipinski definition) is 1. The summed E-state index contributed by atoms with van der Waals surface area (Å²) in [5.74, 6) is -1.24. The smallest absolute Gasteiger partial charge is 0.244 e. The molecule has 0 aromatic rings. The molecule has 0 spiro atoms. The molecule has 0 saturated carbocycles. The third-order valence-electron chi connectivity index (χ3n) is 2.35. The Morgan fingerprint density at radius 2 is 1.88 bits per heavy atom. The van der Waals surface area contributed by atoms with Gasteiger partial charge in [-0.3, -0.25) is 14.9 Å². The number of piperazine rings is 1. The van der Waals surface area contributed by atoms with Gasteiger partial charge in [-0.15, -0.1) is 0 Å². The predicted octanol–water partition coefficient (Wildman–Crippen LogP) is -0.291. The van der Waals surface area contributed by atoms with Crippen molar-refractivity contribution >= 4 is 21.8 Å².